The SMILES string of the molecule is N=C(N)SCCNC1C2CC3CC(C2)CC1C3. The number of nitrogens with one attached hydrogen (secondary N) is 2. The summed E-state index contributed by atoms with van der Waals surface area (Å²) < 4.78 is 0. The topological polar surface area (TPSA) is 61.9 Å². The third kappa shape index (κ3) is 2.48. The lowest BCUT2D eigenvalue weighted by molar-refractivity contribution is -0.0128. The third-order valence-electron chi connectivity index (χ3n) is 4.97. The Hall–Kier alpha value is -0.220. The highest BCUT2D eigenvalue weighted by Gasteiger charge is 2.47. The molecule has 0 saturated heterocycles. The van der Waals surface area contributed by atoms with Gasteiger partial charge in [0.15, 0.2) is 5.17 Å². The van der Waals surface area contributed by atoms with Crippen LogP contribution in [-0.4, -0.2) is 23.5 Å². The van der Waals surface area contributed by atoms with Crippen LogP contribution in [0.15, 0.2) is 0 Å². The molecule has 4 saturated carbocycles. The molecule has 4 fully saturated rings. The fraction of sp³-hybridized carbons (Fsp3) is 0.923. The van der Waals surface area contributed by atoms with Crippen LogP contribution in [0.25, 0.3) is 0 Å². The number of amidine groups is 1. The Kier molecular flexibility index (Phi) is 3.35. The van der Waals surface area contributed by atoms with Crippen molar-refractivity contribution in [3.8, 4) is 0 Å². The zero-order valence-corrected chi connectivity index (χ0v) is 11.1. The van der Waals surface area contributed by atoms with Gasteiger partial charge in [0.2, 0.25) is 0 Å². The summed E-state index contributed by atoms with van der Waals surface area (Å²) in [7, 11) is 0. The molecule has 96 valence electrons. The summed E-state index contributed by atoms with van der Waals surface area (Å²) >= 11 is 1.46. The number of hydrogen-bond acceptors (Lipinski definition) is 3. The fourth-order valence-electron chi connectivity index (χ4n) is 4.65. The molecule has 0 unspecified atom stereocenters. The van der Waals surface area contributed by atoms with Gasteiger partial charge in [-0.2, -0.15) is 0 Å². The molecule has 0 radical (unpaired) electrons. The van der Waals surface area contributed by atoms with Crippen LogP contribution in [0.2, 0.25) is 0 Å². The molecule has 4 rings (SSSR count). The maximum absolute atomic E-state index is 7.19. The summed E-state index contributed by atoms with van der Waals surface area (Å²) in [5.74, 6) is 4.96. The van der Waals surface area contributed by atoms with E-state index in [9.17, 15) is 0 Å². The van der Waals surface area contributed by atoms with Crippen LogP contribution in [0.1, 0.15) is 32.1 Å². The lowest BCUT2D eigenvalue weighted by Crippen LogP contribution is -2.54. The monoisotopic (exact) mass is 253 g/mol. The van der Waals surface area contributed by atoms with E-state index in [0.717, 1.165) is 42.0 Å². The molecule has 4 heteroatoms. The van der Waals surface area contributed by atoms with E-state index >= 15 is 0 Å². The number of rotatable bonds is 4. The van der Waals surface area contributed by atoms with Gasteiger partial charge in [-0.05, 0) is 55.8 Å². The van der Waals surface area contributed by atoms with Crippen LogP contribution in [0.4, 0.5) is 0 Å². The fourth-order valence-corrected chi connectivity index (χ4v) is 5.08. The molecule has 4 aliphatic rings. The van der Waals surface area contributed by atoms with Crippen LogP contribution in [0, 0.1) is 29.1 Å². The molecule has 0 aromatic carbocycles. The third-order valence-corrected chi connectivity index (χ3v) is 5.69. The van der Waals surface area contributed by atoms with Crippen molar-refractivity contribution >= 4 is 16.9 Å². The molecule has 4 N–H and O–H groups in total. The summed E-state index contributed by atoms with van der Waals surface area (Å²) in [5, 5.41) is 11.2. The lowest BCUT2D eigenvalue weighted by Gasteiger charge is -2.54. The van der Waals surface area contributed by atoms with Crippen LogP contribution in [-0.2, 0) is 0 Å². The Bertz CT molecular complexity index is 277. The van der Waals surface area contributed by atoms with E-state index in [1.165, 1.54) is 43.9 Å². The van der Waals surface area contributed by atoms with Crippen LogP contribution in [0.5, 0.6) is 0 Å². The molecule has 0 aromatic heterocycles. The average molecular weight is 253 g/mol. The molecule has 0 aromatic rings. The standard InChI is InChI=1S/C13H23N3S/c14-13(15)17-2-1-16-12-10-4-8-3-9(6-10)7-11(12)5-8/h8-12,16H,1-7H2,(H3,14,15). The second-order valence-corrected chi connectivity index (χ2v) is 7.26. The second-order valence-electron chi connectivity index (χ2n) is 6.12. The van der Waals surface area contributed by atoms with Crippen molar-refractivity contribution in [2.45, 2.75) is 38.1 Å². The molecule has 3 nitrogen and oxygen atoms in total. The molecule has 0 aliphatic heterocycles. The maximum Gasteiger partial charge on any atom is 0.151 e. The maximum atomic E-state index is 7.19. The van der Waals surface area contributed by atoms with Crippen LogP contribution < -0.4 is 11.1 Å². The van der Waals surface area contributed by atoms with E-state index in [0.29, 0.717) is 0 Å². The number of nitrogens with two attached hydrogens (primary N) is 1. The molecule has 0 heterocycles. The minimum Gasteiger partial charge on any atom is -0.379 e. The summed E-state index contributed by atoms with van der Waals surface area (Å²) in [6.07, 6.45) is 7.43. The van der Waals surface area contributed by atoms with E-state index in [1.54, 1.807) is 0 Å². The van der Waals surface area contributed by atoms with Gasteiger partial charge in [0.25, 0.3) is 0 Å². The van der Waals surface area contributed by atoms with Gasteiger partial charge in [0.1, 0.15) is 0 Å². The van der Waals surface area contributed by atoms with Gasteiger partial charge >= 0.3 is 0 Å². The molecule has 0 amide bonds. The van der Waals surface area contributed by atoms with E-state index in [4.69, 9.17) is 11.1 Å². The van der Waals surface area contributed by atoms with Gasteiger partial charge < -0.3 is 11.1 Å². The predicted molar refractivity (Wildman–Crippen MR) is 73.2 cm³/mol. The molecule has 4 aliphatic carbocycles. The van der Waals surface area contributed by atoms with Gasteiger partial charge in [-0.1, -0.05) is 11.8 Å². The van der Waals surface area contributed by atoms with Crippen molar-refractivity contribution in [2.24, 2.45) is 29.4 Å². The summed E-state index contributed by atoms with van der Waals surface area (Å²) in [5.41, 5.74) is 5.35. The second kappa shape index (κ2) is 4.81. The summed E-state index contributed by atoms with van der Waals surface area (Å²) in [4.78, 5) is 0. The molecular formula is C13H23N3S. The molecule has 0 spiro atoms. The highest BCUT2D eigenvalue weighted by atomic mass is 32.2. The first-order valence-electron chi connectivity index (χ1n) is 6.92. The van der Waals surface area contributed by atoms with Crippen molar-refractivity contribution < 1.29 is 0 Å². The zero-order valence-electron chi connectivity index (χ0n) is 10.3. The first-order chi connectivity index (χ1) is 8.22. The van der Waals surface area contributed by atoms with Gasteiger partial charge in [0, 0.05) is 18.3 Å². The predicted octanol–water partition coefficient (Wildman–Crippen LogP) is 2.03. The van der Waals surface area contributed by atoms with Crippen molar-refractivity contribution in [1.82, 2.24) is 5.32 Å². The Morgan fingerprint density at radius 2 is 1.71 bits per heavy atom. The van der Waals surface area contributed by atoms with E-state index in [-0.39, 0.29) is 5.17 Å². The van der Waals surface area contributed by atoms with E-state index in [2.05, 4.69) is 5.32 Å². The molecule has 0 atom stereocenters. The quantitative estimate of drug-likeness (QED) is 0.408. The first kappa shape index (κ1) is 11.8. The normalized spacial score (nSPS) is 42.9. The smallest absolute Gasteiger partial charge is 0.151 e. The highest BCUT2D eigenvalue weighted by Crippen LogP contribution is 2.53. The van der Waals surface area contributed by atoms with E-state index in [1.807, 2.05) is 0 Å². The van der Waals surface area contributed by atoms with Gasteiger partial charge in [-0.15, -0.1) is 0 Å². The van der Waals surface area contributed by atoms with Gasteiger partial charge in [-0.25, -0.2) is 0 Å². The molecular weight excluding hydrogens is 230 g/mol. The number of thioether (sulfide) groups is 1. The minimum atomic E-state index is 0.247. The van der Waals surface area contributed by atoms with Gasteiger partial charge in [0.05, 0.1) is 0 Å². The van der Waals surface area contributed by atoms with Crippen LogP contribution in [0.3, 0.4) is 0 Å². The Labute approximate surface area is 108 Å². The van der Waals surface area contributed by atoms with E-state index < -0.39 is 0 Å². The Morgan fingerprint density at radius 1 is 1.12 bits per heavy atom. The lowest BCUT2D eigenvalue weighted by atomic mass is 9.54. The Morgan fingerprint density at radius 3 is 2.24 bits per heavy atom. The molecule has 4 bridgehead atoms. The van der Waals surface area contributed by atoms with Crippen LogP contribution >= 0.6 is 11.8 Å². The zero-order chi connectivity index (χ0) is 11.8. The average Bonchev–Trinajstić information content (AvgIpc) is 2.25. The summed E-state index contributed by atoms with van der Waals surface area (Å²) in [6, 6.07) is 0.773. The van der Waals surface area contributed by atoms with Crippen molar-refractivity contribution in [1.29, 1.82) is 5.41 Å². The van der Waals surface area contributed by atoms with Crippen molar-refractivity contribution in [3.63, 3.8) is 0 Å². The minimum absolute atomic E-state index is 0.247. The Balaban J connectivity index is 1.49. The van der Waals surface area contributed by atoms with Crippen molar-refractivity contribution in [2.75, 3.05) is 12.3 Å². The summed E-state index contributed by atoms with van der Waals surface area (Å²) in [6.45, 7) is 1.01. The number of hydrogen-bond donors (Lipinski definition) is 3. The highest BCUT2D eigenvalue weighted by molar-refractivity contribution is 8.13. The molecule has 17 heavy (non-hydrogen) atoms. The van der Waals surface area contributed by atoms with Crippen molar-refractivity contribution in [3.05, 3.63) is 0 Å². The van der Waals surface area contributed by atoms with Gasteiger partial charge in [-0.3, -0.25) is 5.41 Å². The first-order valence-corrected chi connectivity index (χ1v) is 7.91. The largest absolute Gasteiger partial charge is 0.379 e.